The summed E-state index contributed by atoms with van der Waals surface area (Å²) in [6, 6.07) is 11.5. The lowest BCUT2D eigenvalue weighted by Gasteiger charge is -2.15. The standard InChI is InChI=1S/C22H21ClFN3O3/c1-3-25-22(29)27-21-17(28)10-13(12-26-21)9-15-16(23)11-18(30-2)19(20(15)24)14-7-5-4-6-8-14/h4-8,10-12,28H,3,9H2,1-2H3,(H2,25,26,27,29). The number of rotatable bonds is 6. The summed E-state index contributed by atoms with van der Waals surface area (Å²) in [6.45, 7) is 2.20. The lowest BCUT2D eigenvalue weighted by Crippen LogP contribution is -2.28. The van der Waals surface area contributed by atoms with Crippen molar-refractivity contribution >= 4 is 23.4 Å². The minimum atomic E-state index is -0.505. The average Bonchev–Trinajstić information content (AvgIpc) is 2.73. The van der Waals surface area contributed by atoms with E-state index in [1.807, 2.05) is 18.2 Å². The van der Waals surface area contributed by atoms with E-state index in [-0.39, 0.29) is 28.6 Å². The van der Waals surface area contributed by atoms with Crippen molar-refractivity contribution in [1.82, 2.24) is 10.3 Å². The Hall–Kier alpha value is -3.32. The quantitative estimate of drug-likeness (QED) is 0.515. The molecule has 0 bridgehead atoms. The van der Waals surface area contributed by atoms with Crippen LogP contribution in [0.5, 0.6) is 11.5 Å². The van der Waals surface area contributed by atoms with E-state index in [0.717, 1.165) is 0 Å². The second kappa shape index (κ2) is 9.45. The second-order valence-corrected chi connectivity index (χ2v) is 6.87. The van der Waals surface area contributed by atoms with Crippen molar-refractivity contribution in [3.63, 3.8) is 0 Å². The molecule has 3 aromatic rings. The Balaban J connectivity index is 1.95. The van der Waals surface area contributed by atoms with Crippen molar-refractivity contribution in [2.24, 2.45) is 0 Å². The smallest absolute Gasteiger partial charge is 0.320 e. The summed E-state index contributed by atoms with van der Waals surface area (Å²) in [5, 5.41) is 15.4. The monoisotopic (exact) mass is 429 g/mol. The number of anilines is 1. The number of amides is 2. The van der Waals surface area contributed by atoms with Crippen molar-refractivity contribution in [1.29, 1.82) is 0 Å². The molecule has 8 heteroatoms. The molecule has 3 rings (SSSR count). The molecule has 6 nitrogen and oxygen atoms in total. The minimum absolute atomic E-state index is 0.0102. The third-order valence-electron chi connectivity index (χ3n) is 4.43. The Labute approximate surface area is 178 Å². The number of halogens is 2. The first-order valence-corrected chi connectivity index (χ1v) is 9.65. The summed E-state index contributed by atoms with van der Waals surface area (Å²) < 4.78 is 20.8. The molecule has 0 unspecified atom stereocenters. The normalized spacial score (nSPS) is 10.5. The van der Waals surface area contributed by atoms with Crippen molar-refractivity contribution in [2.45, 2.75) is 13.3 Å². The van der Waals surface area contributed by atoms with Gasteiger partial charge < -0.3 is 15.2 Å². The van der Waals surface area contributed by atoms with Crippen molar-refractivity contribution < 1.29 is 19.0 Å². The highest BCUT2D eigenvalue weighted by Gasteiger charge is 2.20. The van der Waals surface area contributed by atoms with Gasteiger partial charge >= 0.3 is 6.03 Å². The van der Waals surface area contributed by atoms with Gasteiger partial charge in [0, 0.05) is 24.7 Å². The fourth-order valence-corrected chi connectivity index (χ4v) is 3.29. The van der Waals surface area contributed by atoms with Gasteiger partial charge in [0.15, 0.2) is 11.6 Å². The fourth-order valence-electron chi connectivity index (χ4n) is 3.04. The highest BCUT2D eigenvalue weighted by molar-refractivity contribution is 6.31. The van der Waals surface area contributed by atoms with Crippen LogP contribution < -0.4 is 15.4 Å². The van der Waals surface area contributed by atoms with E-state index in [0.29, 0.717) is 29.0 Å². The first-order chi connectivity index (χ1) is 14.4. The molecule has 156 valence electrons. The Bertz CT molecular complexity index is 1060. The predicted octanol–water partition coefficient (Wildman–Crippen LogP) is 4.99. The number of benzene rings is 2. The van der Waals surface area contributed by atoms with E-state index < -0.39 is 11.8 Å². The molecule has 0 radical (unpaired) electrons. The number of carbonyl (C=O) groups excluding carboxylic acids is 1. The van der Waals surface area contributed by atoms with E-state index >= 15 is 4.39 Å². The van der Waals surface area contributed by atoms with Crippen LogP contribution in [0.25, 0.3) is 11.1 Å². The Morgan fingerprint density at radius 2 is 2.00 bits per heavy atom. The van der Waals surface area contributed by atoms with Crippen molar-refractivity contribution in [3.05, 3.63) is 70.6 Å². The molecule has 0 aliphatic carbocycles. The van der Waals surface area contributed by atoms with Crippen LogP contribution in [-0.4, -0.2) is 29.8 Å². The predicted molar refractivity (Wildman–Crippen MR) is 115 cm³/mol. The maximum Gasteiger partial charge on any atom is 0.320 e. The van der Waals surface area contributed by atoms with Crippen LogP contribution in [0.15, 0.2) is 48.7 Å². The highest BCUT2D eigenvalue weighted by Crippen LogP contribution is 2.39. The van der Waals surface area contributed by atoms with Crippen molar-refractivity contribution in [3.8, 4) is 22.6 Å². The molecule has 0 aliphatic rings. The van der Waals surface area contributed by atoms with Gasteiger partial charge in [-0.2, -0.15) is 0 Å². The summed E-state index contributed by atoms with van der Waals surface area (Å²) in [5.74, 6) is -0.396. The number of aromatic hydroxyl groups is 1. The van der Waals surface area contributed by atoms with Gasteiger partial charge in [0.05, 0.1) is 17.7 Å². The SMILES string of the molecule is CCNC(=O)Nc1ncc(Cc2c(Cl)cc(OC)c(-c3ccccc3)c2F)cc1O. The Kier molecular flexibility index (Phi) is 6.74. The third kappa shape index (κ3) is 4.63. The number of hydrogen-bond donors (Lipinski definition) is 3. The molecule has 0 aliphatic heterocycles. The summed E-state index contributed by atoms with van der Waals surface area (Å²) in [4.78, 5) is 15.7. The average molecular weight is 430 g/mol. The van der Waals surface area contributed by atoms with Crippen LogP contribution in [0.4, 0.5) is 15.0 Å². The summed E-state index contributed by atoms with van der Waals surface area (Å²) >= 11 is 6.33. The van der Waals surface area contributed by atoms with Gasteiger partial charge in [-0.3, -0.25) is 5.32 Å². The molecular weight excluding hydrogens is 409 g/mol. The number of ether oxygens (including phenoxy) is 1. The van der Waals surface area contributed by atoms with Crippen molar-refractivity contribution in [2.75, 3.05) is 19.0 Å². The topological polar surface area (TPSA) is 83.5 Å². The molecule has 0 fully saturated rings. The van der Waals surface area contributed by atoms with E-state index in [4.69, 9.17) is 16.3 Å². The number of urea groups is 1. The van der Waals surface area contributed by atoms with Gasteiger partial charge in [-0.15, -0.1) is 0 Å². The zero-order valence-corrected chi connectivity index (χ0v) is 17.3. The number of pyridine rings is 1. The zero-order valence-electron chi connectivity index (χ0n) is 16.5. The lowest BCUT2D eigenvalue weighted by molar-refractivity contribution is 0.252. The number of carbonyl (C=O) groups is 1. The number of nitrogens with zero attached hydrogens (tertiary/aromatic N) is 1. The summed E-state index contributed by atoms with van der Waals surface area (Å²) in [6.07, 6.45) is 1.54. The molecule has 1 aromatic heterocycles. The van der Waals surface area contributed by atoms with E-state index in [9.17, 15) is 9.90 Å². The Morgan fingerprint density at radius 3 is 2.63 bits per heavy atom. The molecule has 0 saturated carbocycles. The summed E-state index contributed by atoms with van der Waals surface area (Å²) in [7, 11) is 1.46. The van der Waals surface area contributed by atoms with E-state index in [1.54, 1.807) is 25.1 Å². The van der Waals surface area contributed by atoms with Crippen LogP contribution in [0.3, 0.4) is 0 Å². The molecule has 2 amide bonds. The first-order valence-electron chi connectivity index (χ1n) is 9.27. The van der Waals surface area contributed by atoms with Crippen LogP contribution in [-0.2, 0) is 6.42 Å². The molecule has 3 N–H and O–H groups in total. The number of hydrogen-bond acceptors (Lipinski definition) is 4. The molecule has 0 saturated heterocycles. The van der Waals surface area contributed by atoms with Gasteiger partial charge in [0.2, 0.25) is 0 Å². The van der Waals surface area contributed by atoms with Crippen LogP contribution in [0, 0.1) is 5.82 Å². The third-order valence-corrected chi connectivity index (χ3v) is 4.77. The number of aromatic nitrogens is 1. The van der Waals surface area contributed by atoms with Crippen LogP contribution in [0.1, 0.15) is 18.1 Å². The van der Waals surface area contributed by atoms with Crippen LogP contribution in [0.2, 0.25) is 5.02 Å². The molecule has 0 spiro atoms. The largest absolute Gasteiger partial charge is 0.504 e. The minimum Gasteiger partial charge on any atom is -0.504 e. The number of nitrogens with one attached hydrogen (secondary N) is 2. The van der Waals surface area contributed by atoms with Gasteiger partial charge in [0.25, 0.3) is 0 Å². The van der Waals surface area contributed by atoms with Gasteiger partial charge in [0.1, 0.15) is 11.6 Å². The molecule has 0 atom stereocenters. The van der Waals surface area contributed by atoms with Gasteiger partial charge in [-0.1, -0.05) is 41.9 Å². The fraction of sp³-hybridized carbons (Fsp3) is 0.182. The zero-order chi connectivity index (χ0) is 21.7. The molecule has 1 heterocycles. The first kappa shape index (κ1) is 21.4. The second-order valence-electron chi connectivity index (χ2n) is 6.47. The maximum absolute atomic E-state index is 15.5. The molecular formula is C22H21ClFN3O3. The maximum atomic E-state index is 15.5. The van der Waals surface area contributed by atoms with Gasteiger partial charge in [-0.05, 0) is 30.2 Å². The number of methoxy groups -OCH3 is 1. The van der Waals surface area contributed by atoms with Crippen LogP contribution >= 0.6 is 11.6 Å². The Morgan fingerprint density at radius 1 is 1.27 bits per heavy atom. The van der Waals surface area contributed by atoms with Gasteiger partial charge in [-0.25, -0.2) is 14.2 Å². The summed E-state index contributed by atoms with van der Waals surface area (Å²) in [5.41, 5.74) is 1.75. The van der Waals surface area contributed by atoms with E-state index in [2.05, 4.69) is 15.6 Å². The highest BCUT2D eigenvalue weighted by atomic mass is 35.5. The van der Waals surface area contributed by atoms with E-state index in [1.165, 1.54) is 19.4 Å². The lowest BCUT2D eigenvalue weighted by atomic mass is 9.97. The molecule has 2 aromatic carbocycles. The molecule has 30 heavy (non-hydrogen) atoms.